The van der Waals surface area contributed by atoms with E-state index >= 15 is 0 Å². The molecule has 1 aliphatic carbocycles. The van der Waals surface area contributed by atoms with E-state index in [0.29, 0.717) is 16.9 Å². The molecule has 1 saturated carbocycles. The molecule has 2 atom stereocenters. The Kier molecular flexibility index (Phi) is 7.11. The average molecular weight is 556 g/mol. The van der Waals surface area contributed by atoms with Gasteiger partial charge in [0.25, 0.3) is 5.91 Å². The largest absolute Gasteiger partial charge is 0.326 e. The lowest BCUT2D eigenvalue weighted by Gasteiger charge is -2.10. The van der Waals surface area contributed by atoms with Crippen molar-refractivity contribution in [2.45, 2.75) is 10.3 Å². The van der Waals surface area contributed by atoms with Crippen LogP contribution in [-0.4, -0.2) is 16.1 Å². The highest BCUT2D eigenvalue weighted by atomic mass is 35.5. The topological polar surface area (TPSA) is 58.2 Å². The van der Waals surface area contributed by atoms with E-state index in [2.05, 4.69) is 17.2 Å². The number of amides is 2. The molecule has 0 aliphatic heterocycles. The van der Waals surface area contributed by atoms with Crippen molar-refractivity contribution in [3.63, 3.8) is 0 Å². The molecule has 10 heteroatoms. The maximum Gasteiger partial charge on any atom is 0.257 e. The fourth-order valence-corrected chi connectivity index (χ4v) is 5.06. The van der Waals surface area contributed by atoms with Gasteiger partial charge in [-0.05, 0) is 54.1 Å². The van der Waals surface area contributed by atoms with Crippen LogP contribution in [0.4, 0.5) is 20.2 Å². The van der Waals surface area contributed by atoms with Crippen LogP contribution in [0.5, 0.6) is 0 Å². The van der Waals surface area contributed by atoms with Gasteiger partial charge in [-0.15, -0.1) is 23.2 Å². The molecule has 2 N–H and O–H groups in total. The Hall–Kier alpha value is -2.64. The number of alkyl halides is 2. The van der Waals surface area contributed by atoms with Gasteiger partial charge in [0.05, 0.1) is 21.5 Å². The second-order valence-corrected chi connectivity index (χ2v) is 10.2. The van der Waals surface area contributed by atoms with E-state index in [4.69, 9.17) is 46.4 Å². The monoisotopic (exact) mass is 554 g/mol. The van der Waals surface area contributed by atoms with Crippen molar-refractivity contribution in [2.75, 3.05) is 10.6 Å². The molecule has 0 saturated heterocycles. The fraction of sp³-hybridized carbons (Fsp3) is 0.120. The molecule has 180 valence electrons. The number of carbonyl (C=O) groups is 2. The molecule has 4 nitrogen and oxygen atoms in total. The van der Waals surface area contributed by atoms with Gasteiger partial charge in [-0.25, -0.2) is 8.78 Å². The van der Waals surface area contributed by atoms with Gasteiger partial charge in [0.15, 0.2) is 0 Å². The predicted molar refractivity (Wildman–Crippen MR) is 137 cm³/mol. The maximum absolute atomic E-state index is 13.5. The third kappa shape index (κ3) is 5.31. The Morgan fingerprint density at radius 3 is 2.14 bits per heavy atom. The molecule has 35 heavy (non-hydrogen) atoms. The normalized spacial score (nSPS) is 18.0. The Morgan fingerprint density at radius 1 is 0.857 bits per heavy atom. The van der Waals surface area contributed by atoms with Crippen LogP contribution in [0.15, 0.2) is 67.2 Å². The van der Waals surface area contributed by atoms with Crippen molar-refractivity contribution < 1.29 is 18.4 Å². The van der Waals surface area contributed by atoms with Crippen LogP contribution in [0.3, 0.4) is 0 Å². The average Bonchev–Trinajstić information content (AvgIpc) is 3.38. The van der Waals surface area contributed by atoms with E-state index in [1.165, 1.54) is 54.6 Å². The Labute approximate surface area is 219 Å². The first kappa shape index (κ1) is 25.5. The van der Waals surface area contributed by atoms with Crippen molar-refractivity contribution in [1.29, 1.82) is 0 Å². The molecule has 3 aromatic carbocycles. The summed E-state index contributed by atoms with van der Waals surface area (Å²) in [4.78, 5) is 25.6. The van der Waals surface area contributed by atoms with Crippen molar-refractivity contribution >= 4 is 75.4 Å². The van der Waals surface area contributed by atoms with E-state index in [9.17, 15) is 18.4 Å². The summed E-state index contributed by atoms with van der Waals surface area (Å²) in [5, 5.41) is 5.58. The summed E-state index contributed by atoms with van der Waals surface area (Å²) < 4.78 is 25.1. The second kappa shape index (κ2) is 9.78. The predicted octanol–water partition coefficient (Wildman–Crippen LogP) is 7.85. The molecule has 0 aromatic heterocycles. The van der Waals surface area contributed by atoms with Crippen molar-refractivity contribution in [3.8, 4) is 0 Å². The molecular weight excluding hydrogens is 540 g/mol. The summed E-state index contributed by atoms with van der Waals surface area (Å²) >= 11 is 25.1. The Morgan fingerprint density at radius 2 is 1.51 bits per heavy atom. The van der Waals surface area contributed by atoms with Crippen LogP contribution in [-0.2, 0) is 4.79 Å². The molecule has 0 spiro atoms. The summed E-state index contributed by atoms with van der Waals surface area (Å²) in [6.45, 7) is 3.23. The molecule has 0 unspecified atom stereocenters. The summed E-state index contributed by atoms with van der Waals surface area (Å²) in [6, 6.07) is 14.1. The van der Waals surface area contributed by atoms with Crippen LogP contribution < -0.4 is 10.6 Å². The van der Waals surface area contributed by atoms with Crippen molar-refractivity contribution in [3.05, 3.63) is 99.8 Å². The van der Waals surface area contributed by atoms with Gasteiger partial charge >= 0.3 is 0 Å². The van der Waals surface area contributed by atoms with Gasteiger partial charge in [0.2, 0.25) is 5.91 Å². The first-order valence-electron chi connectivity index (χ1n) is 10.2. The zero-order chi connectivity index (χ0) is 25.5. The van der Waals surface area contributed by atoms with Crippen LogP contribution in [0.1, 0.15) is 27.4 Å². The highest BCUT2D eigenvalue weighted by Gasteiger charge is 2.67. The number of benzene rings is 3. The van der Waals surface area contributed by atoms with Crippen LogP contribution in [0, 0.1) is 11.7 Å². The fourth-order valence-electron chi connectivity index (χ4n) is 3.74. The lowest BCUT2D eigenvalue weighted by atomic mass is 10.1. The summed E-state index contributed by atoms with van der Waals surface area (Å²) in [5.41, 5.74) is 1.47. The smallest absolute Gasteiger partial charge is 0.257 e. The number of hydrogen-bond acceptors (Lipinski definition) is 2. The Balaban J connectivity index is 1.50. The van der Waals surface area contributed by atoms with Gasteiger partial charge < -0.3 is 10.6 Å². The first-order chi connectivity index (χ1) is 16.5. The summed E-state index contributed by atoms with van der Waals surface area (Å²) in [5.74, 6) is -3.56. The van der Waals surface area contributed by atoms with Crippen molar-refractivity contribution in [1.82, 2.24) is 0 Å². The minimum atomic E-state index is -1.41. The van der Waals surface area contributed by atoms with Gasteiger partial charge in [-0.2, -0.15) is 0 Å². The molecule has 3 aromatic rings. The number of rotatable bonds is 6. The third-order valence-corrected chi connectivity index (χ3v) is 7.14. The number of hydrogen-bond donors (Lipinski definition) is 2. The lowest BCUT2D eigenvalue weighted by Crippen LogP contribution is -2.18. The molecule has 1 fully saturated rings. The molecule has 0 radical (unpaired) electrons. The number of anilines is 2. The van der Waals surface area contributed by atoms with E-state index in [0.717, 1.165) is 0 Å². The Bertz CT molecular complexity index is 1350. The van der Waals surface area contributed by atoms with Gasteiger partial charge in [0.1, 0.15) is 16.0 Å². The molecule has 0 bridgehead atoms. The molecule has 2 amide bonds. The maximum atomic E-state index is 13.5. The summed E-state index contributed by atoms with van der Waals surface area (Å²) in [7, 11) is 0. The minimum Gasteiger partial charge on any atom is -0.326 e. The molecule has 4 rings (SSSR count). The SMILES string of the molecule is C=C(F)c1ccc([C@@H]2[C@@H](C(=O)Nc3ccc(Cl)c(C(=O)Nc4ccc(F)cc4)c3)C2(Cl)Cl)cc1Cl. The lowest BCUT2D eigenvalue weighted by molar-refractivity contribution is -0.117. The van der Waals surface area contributed by atoms with Crippen LogP contribution >= 0.6 is 46.4 Å². The highest BCUT2D eigenvalue weighted by Crippen LogP contribution is 2.65. The summed E-state index contributed by atoms with van der Waals surface area (Å²) in [6.07, 6.45) is 0. The second-order valence-electron chi connectivity index (χ2n) is 7.92. The third-order valence-electron chi connectivity index (χ3n) is 5.56. The van der Waals surface area contributed by atoms with E-state index in [1.54, 1.807) is 6.07 Å². The molecular formula is C25H16Cl4F2N2O2. The zero-order valence-corrected chi connectivity index (χ0v) is 20.7. The van der Waals surface area contributed by atoms with Crippen LogP contribution in [0.2, 0.25) is 10.0 Å². The van der Waals surface area contributed by atoms with Crippen LogP contribution in [0.25, 0.3) is 5.83 Å². The van der Waals surface area contributed by atoms with Crippen molar-refractivity contribution in [2.24, 2.45) is 5.92 Å². The minimum absolute atomic E-state index is 0.0953. The van der Waals surface area contributed by atoms with E-state index in [-0.39, 0.29) is 21.2 Å². The first-order valence-corrected chi connectivity index (χ1v) is 11.7. The zero-order valence-electron chi connectivity index (χ0n) is 17.7. The quantitative estimate of drug-likeness (QED) is 0.304. The van der Waals surface area contributed by atoms with Gasteiger partial charge in [-0.1, -0.05) is 41.9 Å². The standard InChI is InChI=1S/C25H16Cl4F2N2O2/c1-12(30)17-8-2-13(10-20(17)27)21-22(25(21,28)29)24(35)33-16-7-9-19(26)18(11-16)23(34)32-15-5-3-14(31)4-6-15/h2-11,21-22H,1H2,(H,32,34)(H,33,35)/t21-,22+/m1/s1. The highest BCUT2D eigenvalue weighted by molar-refractivity contribution is 6.53. The van der Waals surface area contributed by atoms with E-state index in [1.807, 2.05) is 0 Å². The number of carbonyl (C=O) groups excluding carboxylic acids is 2. The molecule has 1 aliphatic rings. The molecule has 0 heterocycles. The van der Waals surface area contributed by atoms with Gasteiger partial charge in [-0.3, -0.25) is 9.59 Å². The number of nitrogens with one attached hydrogen (secondary N) is 2. The number of halogens is 6. The van der Waals surface area contributed by atoms with E-state index < -0.39 is 39.6 Å². The van der Waals surface area contributed by atoms with Gasteiger partial charge in [0, 0.05) is 22.9 Å².